The van der Waals surface area contributed by atoms with Gasteiger partial charge in [0.1, 0.15) is 48.4 Å². The smallest absolute Gasteiger partial charge is 0.396 e. The molecule has 68 heavy (non-hydrogen) atoms. The fourth-order valence-electron chi connectivity index (χ4n) is 5.26. The zero-order valence-corrected chi connectivity index (χ0v) is 42.4. The van der Waals surface area contributed by atoms with E-state index in [1.54, 1.807) is 34.6 Å². The van der Waals surface area contributed by atoms with Crippen LogP contribution in [-0.2, 0) is 81.8 Å². The molecule has 9 atom stereocenters. The number of aliphatic hydroxyl groups is 2. The van der Waals surface area contributed by atoms with Gasteiger partial charge in [-0.1, -0.05) is 76.4 Å². The van der Waals surface area contributed by atoms with Crippen molar-refractivity contribution in [1.82, 2.24) is 15.0 Å². The van der Waals surface area contributed by atoms with E-state index in [9.17, 15) is 48.0 Å². The Morgan fingerprint density at radius 3 is 1.65 bits per heavy atom. The minimum absolute atomic E-state index is 0.161. The van der Waals surface area contributed by atoms with Gasteiger partial charge in [0.25, 0.3) is 0 Å². The maximum Gasteiger partial charge on any atom is 0.536 e. The summed E-state index contributed by atoms with van der Waals surface area (Å²) in [6, 6.07) is 0. The molecule has 24 nitrogen and oxygen atoms in total. The molecule has 2 rings (SSSR count). The Kier molecular flexibility index (Phi) is 28.8. The standard InChI is InChI=1S/C40H65N3O21P4/c1-6-10-17-24-56-65(46,47)60-30-35-36(62-66(48,49)57-25-18-11-7-2)37(63-67(50,51)58-26-19-12-8-3)38(64-68(52,53)59-27-20-13-9-4)39(61-35)55-29-34-28-43(42-41-34)22-16-14-15-21-23-54-33-40(5,31-44)32-45/h28,35-39,44-45H,6-16,21-23,29-33H2,1-5H3,(H,46,47)(H,48,49)(H,50,51)(H,52,53)/t35-,36-,37+,38+,39+/m1/s1. The Bertz CT molecular complexity index is 2100. The Hall–Kier alpha value is -3.02. The van der Waals surface area contributed by atoms with Crippen LogP contribution in [0.25, 0.3) is 0 Å². The molecule has 0 spiro atoms. The van der Waals surface area contributed by atoms with Crippen LogP contribution in [0.5, 0.6) is 0 Å². The van der Waals surface area contributed by atoms with Crippen molar-refractivity contribution in [3.63, 3.8) is 0 Å². The number of phosphoric ester groups is 4. The second-order valence-electron chi connectivity index (χ2n) is 15.3. The van der Waals surface area contributed by atoms with Gasteiger partial charge in [0.05, 0.1) is 39.2 Å². The lowest BCUT2D eigenvalue weighted by Crippen LogP contribution is -2.61. The molecule has 2 heterocycles. The fraction of sp³-hybridized carbons (Fsp3) is 0.750. The third-order valence-corrected chi connectivity index (χ3v) is 12.1. The molecule has 0 bridgehead atoms. The second kappa shape index (κ2) is 32.1. The van der Waals surface area contributed by atoms with Gasteiger partial charge >= 0.3 is 31.3 Å². The molecule has 386 valence electrons. The van der Waals surface area contributed by atoms with Crippen LogP contribution in [0.1, 0.15) is 117 Å². The van der Waals surface area contributed by atoms with Crippen molar-refractivity contribution < 1.29 is 98.4 Å². The van der Waals surface area contributed by atoms with Crippen molar-refractivity contribution in [2.75, 3.05) is 33.0 Å². The van der Waals surface area contributed by atoms with E-state index < -0.39 is 80.6 Å². The molecule has 1 aliphatic rings. The van der Waals surface area contributed by atoms with Crippen LogP contribution in [0.3, 0.4) is 0 Å². The number of nitrogens with zero attached hydrogens (tertiary/aromatic N) is 3. The summed E-state index contributed by atoms with van der Waals surface area (Å²) >= 11 is 0. The van der Waals surface area contributed by atoms with Crippen LogP contribution < -0.4 is 0 Å². The monoisotopic (exact) mass is 1050 g/mol. The molecular weight excluding hydrogens is 982 g/mol. The topological polar surface area (TPSA) is 322 Å². The van der Waals surface area contributed by atoms with Gasteiger partial charge in [-0.05, 0) is 38.5 Å². The number of ether oxygens (including phenoxy) is 3. The number of rotatable bonds is 31. The Morgan fingerprint density at radius 1 is 0.676 bits per heavy atom. The first-order valence-electron chi connectivity index (χ1n) is 21.9. The van der Waals surface area contributed by atoms with E-state index in [1.807, 2.05) is 24.4 Å². The van der Waals surface area contributed by atoms with Crippen molar-refractivity contribution in [2.24, 2.45) is 5.41 Å². The maximum absolute atomic E-state index is 13.5. The summed E-state index contributed by atoms with van der Waals surface area (Å²) < 4.78 is 113. The highest BCUT2D eigenvalue weighted by Crippen LogP contribution is 2.55. The molecule has 4 unspecified atom stereocenters. The molecule has 6 N–H and O–H groups in total. The van der Waals surface area contributed by atoms with E-state index in [0.717, 1.165) is 19.3 Å². The first-order valence-corrected chi connectivity index (χ1v) is 27.9. The van der Waals surface area contributed by atoms with Gasteiger partial charge in [-0.3, -0.25) is 42.4 Å². The SMILES string of the molecule is CCCC#COP(=O)(O)OC[C@H]1O[C@H](OCc2cn(CCCCCCOCC(C)(CO)CO)nn2)[C@@H](OP(=O)(O)OC#CCCC)[C@@H](OP(=O)(O)OC#CCCC)[C@@H]1OP(=O)(O)OC#CCCC. The molecule has 1 aromatic rings. The van der Waals surface area contributed by atoms with Crippen molar-refractivity contribution in [3.05, 3.63) is 11.9 Å². The summed E-state index contributed by atoms with van der Waals surface area (Å²) in [7, 11) is -21.3. The van der Waals surface area contributed by atoms with Crippen molar-refractivity contribution in [3.8, 4) is 48.1 Å². The fourth-order valence-corrected chi connectivity index (χ4v) is 8.14. The molecule has 28 heteroatoms. The zero-order chi connectivity index (χ0) is 50.5. The van der Waals surface area contributed by atoms with Gasteiger partial charge in [-0.25, -0.2) is 18.3 Å². The van der Waals surface area contributed by atoms with Gasteiger partial charge in [-0.2, -0.15) is 0 Å². The highest BCUT2D eigenvalue weighted by Gasteiger charge is 2.57. The van der Waals surface area contributed by atoms with Crippen LogP contribution in [-0.4, -0.2) is 109 Å². The zero-order valence-electron chi connectivity index (χ0n) is 38.8. The van der Waals surface area contributed by atoms with Gasteiger partial charge < -0.3 is 42.5 Å². The maximum atomic E-state index is 13.5. The normalized spacial score (nSPS) is 21.5. The number of aliphatic hydroxyl groups excluding tert-OH is 2. The summed E-state index contributed by atoms with van der Waals surface area (Å²) in [5, 5.41) is 27.0. The van der Waals surface area contributed by atoms with Crippen molar-refractivity contribution in [2.45, 2.75) is 156 Å². The van der Waals surface area contributed by atoms with Crippen molar-refractivity contribution >= 4 is 31.3 Å². The van der Waals surface area contributed by atoms with Gasteiger partial charge in [0.2, 0.25) is 0 Å². The molecule has 0 amide bonds. The summed E-state index contributed by atoms with van der Waals surface area (Å²) in [5.74, 6) is 9.93. The highest BCUT2D eigenvalue weighted by atomic mass is 31.2. The molecule has 1 aliphatic heterocycles. The van der Waals surface area contributed by atoms with Gasteiger partial charge in [0.15, 0.2) is 12.4 Å². The van der Waals surface area contributed by atoms with E-state index in [0.29, 0.717) is 51.7 Å². The number of hydrogen-bond donors (Lipinski definition) is 6. The van der Waals surface area contributed by atoms with Crippen LogP contribution in [0.2, 0.25) is 0 Å². The predicted octanol–water partition coefficient (Wildman–Crippen LogP) is 5.77. The summed E-state index contributed by atoms with van der Waals surface area (Å²) in [6.45, 7) is 7.90. The Balaban J connectivity index is 2.56. The largest absolute Gasteiger partial charge is 0.536 e. The van der Waals surface area contributed by atoms with E-state index in [2.05, 4.69) is 34.0 Å². The molecule has 1 aromatic heterocycles. The number of hydrogen-bond acceptors (Lipinski definition) is 19. The molecule has 0 aliphatic carbocycles. The lowest BCUT2D eigenvalue weighted by Gasteiger charge is -2.44. The van der Waals surface area contributed by atoms with E-state index in [1.165, 1.54) is 10.9 Å². The number of phosphoric acid groups is 4. The lowest BCUT2D eigenvalue weighted by molar-refractivity contribution is -0.294. The highest BCUT2D eigenvalue weighted by molar-refractivity contribution is 7.48. The van der Waals surface area contributed by atoms with Gasteiger partial charge in [-0.15, -0.1) is 5.10 Å². The lowest BCUT2D eigenvalue weighted by atomic mass is 9.95. The molecule has 0 radical (unpaired) electrons. The number of aryl methyl sites for hydroxylation is 1. The van der Waals surface area contributed by atoms with Crippen LogP contribution in [0, 0.1) is 53.5 Å². The minimum atomic E-state index is -5.46. The molecular formula is C40H65N3O21P4. The number of unbranched alkanes of at least 4 members (excludes halogenated alkanes) is 7. The predicted molar refractivity (Wildman–Crippen MR) is 240 cm³/mol. The van der Waals surface area contributed by atoms with E-state index >= 15 is 0 Å². The molecule has 1 fully saturated rings. The average molecular weight is 1050 g/mol. The molecule has 1 saturated heterocycles. The van der Waals surface area contributed by atoms with Gasteiger partial charge in [0, 0.05) is 44.2 Å². The van der Waals surface area contributed by atoms with Crippen molar-refractivity contribution in [1.29, 1.82) is 0 Å². The molecule has 0 saturated carbocycles. The third-order valence-electron chi connectivity index (χ3n) is 8.81. The third kappa shape index (κ3) is 25.2. The minimum Gasteiger partial charge on any atom is -0.396 e. The molecule has 0 aromatic carbocycles. The first kappa shape index (κ1) is 61.1. The van der Waals surface area contributed by atoms with Crippen LogP contribution in [0.4, 0.5) is 0 Å². The van der Waals surface area contributed by atoms with E-state index in [4.69, 9.17) is 50.4 Å². The van der Waals surface area contributed by atoms with Crippen LogP contribution in [0.15, 0.2) is 6.20 Å². The van der Waals surface area contributed by atoms with Crippen LogP contribution >= 0.6 is 31.3 Å². The summed E-state index contributed by atoms with van der Waals surface area (Å²) in [4.78, 5) is 43.1. The second-order valence-corrected chi connectivity index (χ2v) is 20.7. The first-order chi connectivity index (χ1) is 32.3. The number of aromatic nitrogens is 3. The Labute approximate surface area is 397 Å². The summed E-state index contributed by atoms with van der Waals surface area (Å²) in [5.41, 5.74) is -0.558. The average Bonchev–Trinajstić information content (AvgIpc) is 3.75. The quantitative estimate of drug-likeness (QED) is 0.0292. The van der Waals surface area contributed by atoms with E-state index in [-0.39, 0.29) is 44.8 Å². The summed E-state index contributed by atoms with van der Waals surface area (Å²) in [6.07, 6.45) is 4.92. The Morgan fingerprint density at radius 2 is 1.15 bits per heavy atom.